The zero-order valence-corrected chi connectivity index (χ0v) is 15.8. The number of para-hydroxylation sites is 1. The fourth-order valence-corrected chi connectivity index (χ4v) is 4.36. The molecule has 140 valence electrons. The fourth-order valence-electron chi connectivity index (χ4n) is 4.36. The first-order valence-electron chi connectivity index (χ1n) is 9.54. The summed E-state index contributed by atoms with van der Waals surface area (Å²) >= 11 is 0. The Morgan fingerprint density at radius 2 is 2.16 bits per heavy atom. The van der Waals surface area contributed by atoms with Crippen molar-refractivity contribution < 1.29 is 9.47 Å². The van der Waals surface area contributed by atoms with Crippen molar-refractivity contribution in [1.82, 2.24) is 15.5 Å². The topological polar surface area (TPSA) is 45.8 Å². The molecule has 1 aromatic carbocycles. The third-order valence-electron chi connectivity index (χ3n) is 5.73. The van der Waals surface area contributed by atoms with Crippen molar-refractivity contribution in [3.05, 3.63) is 29.8 Å². The molecular formula is C20H33N3O2. The molecule has 0 radical (unpaired) electrons. The Hall–Kier alpha value is -1.14. The Morgan fingerprint density at radius 1 is 1.32 bits per heavy atom. The molecule has 1 saturated heterocycles. The van der Waals surface area contributed by atoms with Crippen molar-refractivity contribution in [2.75, 3.05) is 47.5 Å². The molecule has 4 atom stereocenters. The summed E-state index contributed by atoms with van der Waals surface area (Å²) in [6, 6.07) is 9.71. The van der Waals surface area contributed by atoms with E-state index in [9.17, 15) is 0 Å². The van der Waals surface area contributed by atoms with Gasteiger partial charge in [-0.25, -0.2) is 0 Å². The second kappa shape index (κ2) is 8.99. The van der Waals surface area contributed by atoms with Crippen LogP contribution in [0.4, 0.5) is 0 Å². The molecule has 0 amide bonds. The van der Waals surface area contributed by atoms with E-state index >= 15 is 0 Å². The van der Waals surface area contributed by atoms with Crippen molar-refractivity contribution in [3.63, 3.8) is 0 Å². The van der Waals surface area contributed by atoms with Gasteiger partial charge in [-0.05, 0) is 38.9 Å². The summed E-state index contributed by atoms with van der Waals surface area (Å²) in [7, 11) is 6.03. The number of hydrogen-bond acceptors (Lipinski definition) is 5. The van der Waals surface area contributed by atoms with Crippen molar-refractivity contribution in [2.45, 2.75) is 37.4 Å². The molecule has 2 aliphatic rings. The van der Waals surface area contributed by atoms with Gasteiger partial charge in [0.2, 0.25) is 0 Å². The molecule has 4 unspecified atom stereocenters. The summed E-state index contributed by atoms with van der Waals surface area (Å²) in [4.78, 5) is 2.27. The van der Waals surface area contributed by atoms with E-state index in [1.165, 1.54) is 24.8 Å². The lowest BCUT2D eigenvalue weighted by Gasteiger charge is -2.34. The standard InChI is InChI=1S/C20H33N3O2/c1-23(2)19(16-7-4-5-10-20(16)24-3)13-22-17-9-6-8-15(17)18-14-25-12-11-21-18/h4-5,7,10,15,17-19,21-22H,6,8-9,11-14H2,1-3H3. The van der Waals surface area contributed by atoms with E-state index in [1.54, 1.807) is 7.11 Å². The summed E-state index contributed by atoms with van der Waals surface area (Å²) in [6.45, 7) is 3.61. The van der Waals surface area contributed by atoms with E-state index in [4.69, 9.17) is 9.47 Å². The average Bonchev–Trinajstić information content (AvgIpc) is 3.11. The maximum absolute atomic E-state index is 5.69. The van der Waals surface area contributed by atoms with Gasteiger partial charge in [0.15, 0.2) is 0 Å². The minimum atomic E-state index is 0.299. The van der Waals surface area contributed by atoms with Crippen LogP contribution in [0.5, 0.6) is 5.75 Å². The number of nitrogens with one attached hydrogen (secondary N) is 2. The molecule has 0 aromatic heterocycles. The number of morpholine rings is 1. The lowest BCUT2D eigenvalue weighted by atomic mass is 9.93. The van der Waals surface area contributed by atoms with Crippen LogP contribution in [0, 0.1) is 5.92 Å². The Labute approximate surface area is 152 Å². The molecule has 0 bridgehead atoms. The molecule has 5 nitrogen and oxygen atoms in total. The first kappa shape index (κ1) is 18.6. The van der Waals surface area contributed by atoms with Crippen LogP contribution in [0.1, 0.15) is 30.9 Å². The van der Waals surface area contributed by atoms with E-state index in [0.29, 0.717) is 24.0 Å². The highest BCUT2D eigenvalue weighted by Gasteiger charge is 2.35. The predicted octanol–water partition coefficient (Wildman–Crippen LogP) is 2.04. The first-order chi connectivity index (χ1) is 12.2. The lowest BCUT2D eigenvalue weighted by molar-refractivity contribution is 0.0520. The maximum Gasteiger partial charge on any atom is 0.123 e. The van der Waals surface area contributed by atoms with Gasteiger partial charge in [0.25, 0.3) is 0 Å². The molecular weight excluding hydrogens is 314 g/mol. The number of likely N-dealkylation sites (N-methyl/N-ethyl adjacent to an activating group) is 1. The number of benzene rings is 1. The van der Waals surface area contributed by atoms with Gasteiger partial charge >= 0.3 is 0 Å². The van der Waals surface area contributed by atoms with Crippen LogP contribution in [0.25, 0.3) is 0 Å². The summed E-state index contributed by atoms with van der Waals surface area (Å²) in [5, 5.41) is 7.52. The van der Waals surface area contributed by atoms with Crippen molar-refractivity contribution in [2.24, 2.45) is 5.92 Å². The third-order valence-corrected chi connectivity index (χ3v) is 5.73. The quantitative estimate of drug-likeness (QED) is 0.790. The van der Waals surface area contributed by atoms with E-state index in [-0.39, 0.29) is 0 Å². The van der Waals surface area contributed by atoms with Gasteiger partial charge < -0.3 is 25.0 Å². The highest BCUT2D eigenvalue weighted by molar-refractivity contribution is 5.36. The van der Waals surface area contributed by atoms with Crippen LogP contribution < -0.4 is 15.4 Å². The van der Waals surface area contributed by atoms with E-state index in [2.05, 4.69) is 41.8 Å². The number of ether oxygens (including phenoxy) is 2. The van der Waals surface area contributed by atoms with Gasteiger partial charge in [0.1, 0.15) is 5.75 Å². The van der Waals surface area contributed by atoms with E-state index in [0.717, 1.165) is 32.1 Å². The molecule has 25 heavy (non-hydrogen) atoms. The fraction of sp³-hybridized carbons (Fsp3) is 0.700. The monoisotopic (exact) mass is 347 g/mol. The Morgan fingerprint density at radius 3 is 2.88 bits per heavy atom. The molecule has 0 spiro atoms. The van der Waals surface area contributed by atoms with Crippen LogP contribution >= 0.6 is 0 Å². The van der Waals surface area contributed by atoms with Gasteiger partial charge in [-0.1, -0.05) is 24.6 Å². The second-order valence-corrected chi connectivity index (χ2v) is 7.47. The Kier molecular flexibility index (Phi) is 6.70. The van der Waals surface area contributed by atoms with Crippen LogP contribution in [0.3, 0.4) is 0 Å². The summed E-state index contributed by atoms with van der Waals surface area (Å²) < 4.78 is 11.3. The zero-order chi connectivity index (χ0) is 17.6. The maximum atomic E-state index is 5.69. The smallest absolute Gasteiger partial charge is 0.123 e. The third kappa shape index (κ3) is 4.53. The van der Waals surface area contributed by atoms with Gasteiger partial charge in [-0.15, -0.1) is 0 Å². The highest BCUT2D eigenvalue weighted by atomic mass is 16.5. The molecule has 1 aliphatic carbocycles. The van der Waals surface area contributed by atoms with E-state index < -0.39 is 0 Å². The van der Waals surface area contributed by atoms with Crippen LogP contribution in [-0.2, 0) is 4.74 Å². The van der Waals surface area contributed by atoms with E-state index in [1.807, 2.05) is 12.1 Å². The van der Waals surface area contributed by atoms with Gasteiger partial charge in [0, 0.05) is 30.7 Å². The van der Waals surface area contributed by atoms with Crippen LogP contribution in [0.15, 0.2) is 24.3 Å². The molecule has 3 rings (SSSR count). The SMILES string of the molecule is COc1ccccc1C(CNC1CCCC1C1COCCN1)N(C)C. The Balaban J connectivity index is 1.64. The number of methoxy groups -OCH3 is 1. The molecule has 1 aromatic rings. The normalized spacial score (nSPS) is 28.2. The van der Waals surface area contributed by atoms with Crippen LogP contribution in [-0.4, -0.2) is 64.5 Å². The molecule has 1 aliphatic heterocycles. The number of rotatable bonds is 7. The summed E-state index contributed by atoms with van der Waals surface area (Å²) in [5.41, 5.74) is 1.25. The minimum Gasteiger partial charge on any atom is -0.496 e. The van der Waals surface area contributed by atoms with Crippen molar-refractivity contribution in [1.29, 1.82) is 0 Å². The lowest BCUT2D eigenvalue weighted by Crippen LogP contribution is -2.51. The second-order valence-electron chi connectivity index (χ2n) is 7.47. The molecule has 2 fully saturated rings. The van der Waals surface area contributed by atoms with Gasteiger partial charge in [0.05, 0.1) is 26.4 Å². The summed E-state index contributed by atoms with van der Waals surface area (Å²) in [6.07, 6.45) is 3.86. The zero-order valence-electron chi connectivity index (χ0n) is 15.8. The minimum absolute atomic E-state index is 0.299. The molecule has 1 heterocycles. The molecule has 5 heteroatoms. The van der Waals surface area contributed by atoms with Crippen molar-refractivity contribution in [3.8, 4) is 5.75 Å². The predicted molar refractivity (Wildman–Crippen MR) is 101 cm³/mol. The average molecular weight is 348 g/mol. The Bertz CT molecular complexity index is 531. The number of hydrogen-bond donors (Lipinski definition) is 2. The first-order valence-corrected chi connectivity index (χ1v) is 9.54. The largest absolute Gasteiger partial charge is 0.496 e. The molecule has 2 N–H and O–H groups in total. The highest BCUT2D eigenvalue weighted by Crippen LogP contribution is 2.31. The van der Waals surface area contributed by atoms with Crippen LogP contribution in [0.2, 0.25) is 0 Å². The van der Waals surface area contributed by atoms with Gasteiger partial charge in [-0.2, -0.15) is 0 Å². The van der Waals surface area contributed by atoms with Crippen molar-refractivity contribution >= 4 is 0 Å². The summed E-state index contributed by atoms with van der Waals surface area (Å²) in [5.74, 6) is 1.63. The number of nitrogens with zero attached hydrogens (tertiary/aromatic N) is 1. The molecule has 1 saturated carbocycles. The van der Waals surface area contributed by atoms with Gasteiger partial charge in [-0.3, -0.25) is 0 Å².